The monoisotopic (exact) mass is 365 g/mol. The van der Waals surface area contributed by atoms with Crippen LogP contribution in [0.25, 0.3) is 0 Å². The van der Waals surface area contributed by atoms with Gasteiger partial charge in [-0.1, -0.05) is 43.7 Å². The number of carbonyl (C=O) groups is 2. The lowest BCUT2D eigenvalue weighted by atomic mass is 9.68. The maximum Gasteiger partial charge on any atom is 0.308 e. The Morgan fingerprint density at radius 1 is 0.846 bits per heavy atom. The molecule has 0 unspecified atom stereocenters. The van der Waals surface area contributed by atoms with Crippen molar-refractivity contribution in [1.29, 1.82) is 0 Å². The Hall–Kier alpha value is -1.59. The van der Waals surface area contributed by atoms with Crippen LogP contribution in [0.3, 0.4) is 0 Å². The third kappa shape index (κ3) is 4.77. The molecule has 0 radical (unpaired) electrons. The van der Waals surface area contributed by atoms with Crippen molar-refractivity contribution in [3.8, 4) is 0 Å². The van der Waals surface area contributed by atoms with Gasteiger partial charge in [-0.15, -0.1) is 0 Å². The van der Waals surface area contributed by atoms with Crippen LogP contribution in [0.15, 0.2) is 5.16 Å². The van der Waals surface area contributed by atoms with Crippen LogP contribution < -0.4 is 0 Å². The second-order valence-electron chi connectivity index (χ2n) is 8.41. The Labute approximate surface area is 155 Å². The summed E-state index contributed by atoms with van der Waals surface area (Å²) in [6.07, 6.45) is 11.4. The largest absolute Gasteiger partial charge is 0.465 e. The van der Waals surface area contributed by atoms with Gasteiger partial charge in [0.2, 0.25) is 0 Å². The first-order chi connectivity index (χ1) is 12.6. The van der Waals surface area contributed by atoms with Crippen molar-refractivity contribution in [3.05, 3.63) is 0 Å². The molecule has 1 N–H and O–H groups in total. The lowest BCUT2D eigenvalue weighted by molar-refractivity contribution is -0.161. The van der Waals surface area contributed by atoms with Crippen LogP contribution in [-0.4, -0.2) is 36.1 Å². The Balaban J connectivity index is 1.49. The molecule has 0 bridgehead atoms. The highest BCUT2D eigenvalue weighted by molar-refractivity contribution is 5.91. The standard InChI is InChI=1S/C20H31NO5/c22-18(15-7-3-1-4-8-15)25-13-20(11-17(12-20)21-24)14-26-19(23)16-9-5-2-6-10-16/h15-16,24H,1-14H2. The van der Waals surface area contributed by atoms with Gasteiger partial charge in [0.1, 0.15) is 13.2 Å². The van der Waals surface area contributed by atoms with Crippen molar-refractivity contribution in [1.82, 2.24) is 0 Å². The molecule has 0 spiro atoms. The fourth-order valence-electron chi connectivity index (χ4n) is 4.49. The zero-order valence-electron chi connectivity index (χ0n) is 15.6. The van der Waals surface area contributed by atoms with Gasteiger partial charge in [-0.25, -0.2) is 0 Å². The van der Waals surface area contributed by atoms with Gasteiger partial charge in [0, 0.05) is 18.3 Å². The summed E-state index contributed by atoms with van der Waals surface area (Å²) in [5.41, 5.74) is 0.253. The summed E-state index contributed by atoms with van der Waals surface area (Å²) in [6, 6.07) is 0. The maximum atomic E-state index is 12.3. The number of ether oxygens (including phenoxy) is 2. The highest BCUT2D eigenvalue weighted by atomic mass is 16.5. The van der Waals surface area contributed by atoms with Crippen LogP contribution in [0, 0.1) is 17.3 Å². The first-order valence-electron chi connectivity index (χ1n) is 10.1. The summed E-state index contributed by atoms with van der Waals surface area (Å²) in [5, 5.41) is 12.2. The van der Waals surface area contributed by atoms with Gasteiger partial charge in [0.25, 0.3) is 0 Å². The Morgan fingerprint density at radius 3 is 1.65 bits per heavy atom. The van der Waals surface area contributed by atoms with Crippen molar-refractivity contribution in [2.45, 2.75) is 77.0 Å². The van der Waals surface area contributed by atoms with Crippen molar-refractivity contribution < 1.29 is 24.3 Å². The molecule has 3 fully saturated rings. The molecule has 146 valence electrons. The topological polar surface area (TPSA) is 85.2 Å². The van der Waals surface area contributed by atoms with Crippen LogP contribution in [0.5, 0.6) is 0 Å². The van der Waals surface area contributed by atoms with Crippen molar-refractivity contribution in [3.63, 3.8) is 0 Å². The summed E-state index contributed by atoms with van der Waals surface area (Å²) in [5.74, 6) is -0.234. The van der Waals surface area contributed by atoms with E-state index in [0.29, 0.717) is 18.6 Å². The van der Waals surface area contributed by atoms with Gasteiger partial charge in [-0.2, -0.15) is 0 Å². The first-order valence-corrected chi connectivity index (χ1v) is 10.1. The van der Waals surface area contributed by atoms with E-state index in [1.807, 2.05) is 0 Å². The molecule has 0 saturated heterocycles. The van der Waals surface area contributed by atoms with Gasteiger partial charge in [-0.05, 0) is 25.7 Å². The molecule has 0 aromatic rings. The normalized spacial score (nSPS) is 23.8. The zero-order chi connectivity index (χ0) is 18.4. The molecule has 0 aliphatic heterocycles. The minimum absolute atomic E-state index is 0.0108. The average molecular weight is 365 g/mol. The second-order valence-corrected chi connectivity index (χ2v) is 8.41. The summed E-state index contributed by atoms with van der Waals surface area (Å²) < 4.78 is 11.2. The molecular formula is C20H31NO5. The highest BCUT2D eigenvalue weighted by Crippen LogP contribution is 2.40. The molecule has 26 heavy (non-hydrogen) atoms. The molecule has 3 rings (SSSR count). The molecule has 0 aromatic heterocycles. The predicted molar refractivity (Wildman–Crippen MR) is 96.0 cm³/mol. The smallest absolute Gasteiger partial charge is 0.308 e. The Kier molecular flexibility index (Phi) is 6.54. The SMILES string of the molecule is O=C(OCC1(COC(=O)C2CCCCC2)CC(=NO)C1)C1CCCCC1. The number of carbonyl (C=O) groups excluding carboxylic acids is 2. The first kappa shape index (κ1) is 19.2. The van der Waals surface area contributed by atoms with E-state index >= 15 is 0 Å². The minimum Gasteiger partial charge on any atom is -0.465 e. The lowest BCUT2D eigenvalue weighted by Gasteiger charge is -2.41. The fourth-order valence-corrected chi connectivity index (χ4v) is 4.49. The number of esters is 2. The number of oxime groups is 1. The number of hydrogen-bond donors (Lipinski definition) is 1. The maximum absolute atomic E-state index is 12.3. The van der Waals surface area contributed by atoms with Crippen LogP contribution in [0.2, 0.25) is 0 Å². The number of hydrogen-bond acceptors (Lipinski definition) is 6. The lowest BCUT2D eigenvalue weighted by Crippen LogP contribution is -2.47. The van der Waals surface area contributed by atoms with Crippen LogP contribution in [0.4, 0.5) is 0 Å². The van der Waals surface area contributed by atoms with Crippen LogP contribution in [0.1, 0.15) is 77.0 Å². The van der Waals surface area contributed by atoms with Crippen molar-refractivity contribution >= 4 is 17.7 Å². The third-order valence-electron chi connectivity index (χ3n) is 6.22. The molecule has 6 nitrogen and oxygen atoms in total. The zero-order valence-corrected chi connectivity index (χ0v) is 15.6. The van der Waals surface area contributed by atoms with E-state index in [0.717, 1.165) is 51.4 Å². The molecule has 0 aromatic carbocycles. The van der Waals surface area contributed by atoms with Crippen LogP contribution >= 0.6 is 0 Å². The van der Waals surface area contributed by atoms with Gasteiger partial charge in [0.15, 0.2) is 0 Å². The summed E-state index contributed by atoms with van der Waals surface area (Å²) in [6.45, 7) is 0.471. The Bertz CT molecular complexity index is 488. The van der Waals surface area contributed by atoms with Gasteiger partial charge in [0.05, 0.1) is 17.5 Å². The molecule has 0 amide bonds. The summed E-state index contributed by atoms with van der Waals surface area (Å²) in [4.78, 5) is 24.6. The molecule has 0 atom stereocenters. The molecule has 3 saturated carbocycles. The summed E-state index contributed by atoms with van der Waals surface area (Å²) in [7, 11) is 0. The molecule has 6 heteroatoms. The number of rotatable bonds is 6. The second kappa shape index (κ2) is 8.87. The van der Waals surface area contributed by atoms with Crippen LogP contribution in [-0.2, 0) is 19.1 Å². The van der Waals surface area contributed by atoms with E-state index in [9.17, 15) is 9.59 Å². The molecular weight excluding hydrogens is 334 g/mol. The highest BCUT2D eigenvalue weighted by Gasteiger charge is 2.45. The van der Waals surface area contributed by atoms with E-state index < -0.39 is 5.41 Å². The predicted octanol–water partition coefficient (Wildman–Crippen LogP) is 3.84. The van der Waals surface area contributed by atoms with Gasteiger partial charge in [-0.3, -0.25) is 9.59 Å². The minimum atomic E-state index is -0.420. The van der Waals surface area contributed by atoms with E-state index in [-0.39, 0.29) is 37.0 Å². The van der Waals surface area contributed by atoms with E-state index in [1.165, 1.54) is 12.8 Å². The van der Waals surface area contributed by atoms with Gasteiger partial charge >= 0.3 is 11.9 Å². The van der Waals surface area contributed by atoms with E-state index in [1.54, 1.807) is 0 Å². The number of nitrogens with zero attached hydrogens (tertiary/aromatic N) is 1. The van der Waals surface area contributed by atoms with E-state index in [4.69, 9.17) is 14.7 Å². The molecule has 3 aliphatic carbocycles. The molecule has 0 heterocycles. The molecule has 3 aliphatic rings. The van der Waals surface area contributed by atoms with Gasteiger partial charge < -0.3 is 14.7 Å². The van der Waals surface area contributed by atoms with Crippen molar-refractivity contribution in [2.24, 2.45) is 22.4 Å². The average Bonchev–Trinajstić information content (AvgIpc) is 2.67. The quantitative estimate of drug-likeness (QED) is 0.439. The Morgan fingerprint density at radius 2 is 1.27 bits per heavy atom. The fraction of sp³-hybridized carbons (Fsp3) is 0.850. The van der Waals surface area contributed by atoms with Crippen molar-refractivity contribution in [2.75, 3.05) is 13.2 Å². The third-order valence-corrected chi connectivity index (χ3v) is 6.22. The summed E-state index contributed by atoms with van der Waals surface area (Å²) >= 11 is 0. The van der Waals surface area contributed by atoms with E-state index in [2.05, 4.69) is 5.16 Å².